The van der Waals surface area contributed by atoms with Gasteiger partial charge >= 0.3 is 0 Å². The molecule has 0 unspecified atom stereocenters. The zero-order valence-electron chi connectivity index (χ0n) is 11.8. The monoisotopic (exact) mass is 269 g/mol. The molecule has 0 saturated heterocycles. The molecule has 0 fully saturated rings. The van der Waals surface area contributed by atoms with E-state index in [1.807, 2.05) is 12.1 Å². The first-order valence-electron chi connectivity index (χ1n) is 6.77. The van der Waals surface area contributed by atoms with E-state index in [2.05, 4.69) is 19.1 Å². The van der Waals surface area contributed by atoms with Crippen molar-refractivity contribution in [2.24, 2.45) is 0 Å². The fourth-order valence-electron chi connectivity index (χ4n) is 2.05. The van der Waals surface area contributed by atoms with Crippen molar-refractivity contribution in [1.29, 1.82) is 0 Å². The van der Waals surface area contributed by atoms with Gasteiger partial charge in [-0.2, -0.15) is 0 Å². The van der Waals surface area contributed by atoms with Gasteiger partial charge in [0.15, 0.2) is 5.78 Å². The third kappa shape index (κ3) is 3.38. The lowest BCUT2D eigenvalue weighted by Crippen LogP contribution is -1.99. The summed E-state index contributed by atoms with van der Waals surface area (Å²) in [7, 11) is 0. The number of hydrogen-bond donors (Lipinski definition) is 1. The number of anilines is 1. The molecule has 3 nitrogen and oxygen atoms in total. The second-order valence-electron chi connectivity index (χ2n) is 4.80. The molecule has 2 aromatic rings. The van der Waals surface area contributed by atoms with Crippen LogP contribution in [-0.2, 0) is 6.42 Å². The van der Waals surface area contributed by atoms with E-state index in [4.69, 9.17) is 10.5 Å². The molecule has 2 rings (SSSR count). The van der Waals surface area contributed by atoms with Crippen LogP contribution in [0.3, 0.4) is 0 Å². The molecule has 0 aliphatic rings. The van der Waals surface area contributed by atoms with Gasteiger partial charge in [0.25, 0.3) is 0 Å². The first-order chi connectivity index (χ1) is 9.60. The van der Waals surface area contributed by atoms with Gasteiger partial charge in [0.2, 0.25) is 0 Å². The molecule has 0 aliphatic heterocycles. The lowest BCUT2D eigenvalue weighted by molar-refractivity contribution is 0.101. The van der Waals surface area contributed by atoms with Gasteiger partial charge in [-0.15, -0.1) is 0 Å². The fourth-order valence-corrected chi connectivity index (χ4v) is 2.05. The quantitative estimate of drug-likeness (QED) is 0.653. The van der Waals surface area contributed by atoms with E-state index in [-0.39, 0.29) is 5.78 Å². The molecule has 0 spiro atoms. The van der Waals surface area contributed by atoms with Crippen LogP contribution in [-0.4, -0.2) is 5.78 Å². The summed E-state index contributed by atoms with van der Waals surface area (Å²) in [4.78, 5) is 11.5. The normalized spacial score (nSPS) is 10.3. The maximum absolute atomic E-state index is 11.5. The van der Waals surface area contributed by atoms with Gasteiger partial charge in [0.05, 0.1) is 0 Å². The summed E-state index contributed by atoms with van der Waals surface area (Å²) in [5.74, 6) is 1.31. The summed E-state index contributed by atoms with van der Waals surface area (Å²) >= 11 is 0. The zero-order chi connectivity index (χ0) is 14.5. The largest absolute Gasteiger partial charge is 0.457 e. The predicted molar refractivity (Wildman–Crippen MR) is 81.4 cm³/mol. The average molecular weight is 269 g/mol. The molecule has 0 saturated carbocycles. The van der Waals surface area contributed by atoms with Gasteiger partial charge in [-0.3, -0.25) is 4.79 Å². The number of nitrogen functional groups attached to an aromatic ring is 1. The summed E-state index contributed by atoms with van der Waals surface area (Å²) in [6, 6.07) is 13.1. The van der Waals surface area contributed by atoms with Crippen LogP contribution in [0.15, 0.2) is 42.5 Å². The van der Waals surface area contributed by atoms with Crippen LogP contribution in [0.25, 0.3) is 0 Å². The van der Waals surface area contributed by atoms with Crippen molar-refractivity contribution >= 4 is 11.5 Å². The van der Waals surface area contributed by atoms with E-state index in [0.29, 0.717) is 17.0 Å². The second kappa shape index (κ2) is 6.24. The lowest BCUT2D eigenvalue weighted by atomic mass is 10.1. The van der Waals surface area contributed by atoms with Crippen LogP contribution >= 0.6 is 0 Å². The van der Waals surface area contributed by atoms with Crippen molar-refractivity contribution in [3.63, 3.8) is 0 Å². The number of carbonyl (C=O) groups excluding carboxylic acids is 1. The Bertz CT molecular complexity index is 603. The number of Topliss-reactive ketones (excluding diaryl/α,β-unsaturated/α-hetero) is 1. The average Bonchev–Trinajstić information content (AvgIpc) is 2.43. The molecular formula is C17H19NO2. The molecule has 0 heterocycles. The Labute approximate surface area is 119 Å². The molecule has 0 aliphatic carbocycles. The number of nitrogens with two attached hydrogens (primary N) is 1. The Morgan fingerprint density at radius 1 is 1.10 bits per heavy atom. The molecular weight excluding hydrogens is 250 g/mol. The van der Waals surface area contributed by atoms with Crippen molar-refractivity contribution < 1.29 is 9.53 Å². The number of rotatable bonds is 5. The smallest absolute Gasteiger partial charge is 0.162 e. The Kier molecular flexibility index (Phi) is 4.41. The zero-order valence-corrected chi connectivity index (χ0v) is 11.8. The standard InChI is InChI=1S/C17H19NO2/c1-3-4-13-5-7-14(8-6-13)20-15-9-10-17(18)16(11-15)12(2)19/h5-11H,3-4,18H2,1-2H3. The third-order valence-corrected chi connectivity index (χ3v) is 3.10. The maximum atomic E-state index is 11.5. The van der Waals surface area contributed by atoms with E-state index in [0.717, 1.165) is 18.6 Å². The van der Waals surface area contributed by atoms with Crippen LogP contribution in [0.5, 0.6) is 11.5 Å². The minimum atomic E-state index is -0.0637. The van der Waals surface area contributed by atoms with Gasteiger partial charge in [-0.25, -0.2) is 0 Å². The van der Waals surface area contributed by atoms with Crippen LogP contribution < -0.4 is 10.5 Å². The van der Waals surface area contributed by atoms with Crippen molar-refractivity contribution in [3.8, 4) is 11.5 Å². The van der Waals surface area contributed by atoms with Crippen molar-refractivity contribution in [1.82, 2.24) is 0 Å². The molecule has 0 bridgehead atoms. The van der Waals surface area contributed by atoms with Crippen molar-refractivity contribution in [3.05, 3.63) is 53.6 Å². The molecule has 2 N–H and O–H groups in total. The topological polar surface area (TPSA) is 52.3 Å². The Morgan fingerprint density at radius 3 is 2.35 bits per heavy atom. The third-order valence-electron chi connectivity index (χ3n) is 3.10. The Hall–Kier alpha value is -2.29. The highest BCUT2D eigenvalue weighted by molar-refractivity contribution is 5.99. The summed E-state index contributed by atoms with van der Waals surface area (Å²) in [6.45, 7) is 3.65. The van der Waals surface area contributed by atoms with E-state index in [1.165, 1.54) is 12.5 Å². The summed E-state index contributed by atoms with van der Waals surface area (Å²) in [6.07, 6.45) is 2.19. The molecule has 0 aromatic heterocycles. The molecule has 0 amide bonds. The van der Waals surface area contributed by atoms with Gasteiger partial charge in [-0.05, 0) is 49.2 Å². The van der Waals surface area contributed by atoms with Gasteiger partial charge in [0, 0.05) is 11.3 Å². The Balaban J connectivity index is 2.17. The number of ketones is 1. The van der Waals surface area contributed by atoms with Crippen LogP contribution in [0.2, 0.25) is 0 Å². The number of aryl methyl sites for hydroxylation is 1. The maximum Gasteiger partial charge on any atom is 0.162 e. The molecule has 3 heteroatoms. The minimum Gasteiger partial charge on any atom is -0.457 e. The molecule has 0 atom stereocenters. The first-order valence-corrected chi connectivity index (χ1v) is 6.77. The number of ether oxygens (including phenoxy) is 1. The fraction of sp³-hybridized carbons (Fsp3) is 0.235. The highest BCUT2D eigenvalue weighted by Gasteiger charge is 2.07. The first kappa shape index (κ1) is 14.1. The molecule has 0 radical (unpaired) electrons. The van der Waals surface area contributed by atoms with E-state index in [1.54, 1.807) is 18.2 Å². The predicted octanol–water partition coefficient (Wildman–Crippen LogP) is 4.22. The van der Waals surface area contributed by atoms with Crippen molar-refractivity contribution in [2.45, 2.75) is 26.7 Å². The highest BCUT2D eigenvalue weighted by atomic mass is 16.5. The van der Waals surface area contributed by atoms with Crippen molar-refractivity contribution in [2.75, 3.05) is 5.73 Å². The SMILES string of the molecule is CCCc1ccc(Oc2ccc(N)c(C(C)=O)c2)cc1. The highest BCUT2D eigenvalue weighted by Crippen LogP contribution is 2.25. The minimum absolute atomic E-state index is 0.0637. The Morgan fingerprint density at radius 2 is 1.75 bits per heavy atom. The van der Waals surface area contributed by atoms with E-state index in [9.17, 15) is 4.79 Å². The van der Waals surface area contributed by atoms with Crippen LogP contribution in [0.1, 0.15) is 36.2 Å². The molecule has 20 heavy (non-hydrogen) atoms. The second-order valence-corrected chi connectivity index (χ2v) is 4.80. The molecule has 2 aromatic carbocycles. The number of hydrogen-bond acceptors (Lipinski definition) is 3. The summed E-state index contributed by atoms with van der Waals surface area (Å²) in [5.41, 5.74) is 8.02. The van der Waals surface area contributed by atoms with Gasteiger partial charge in [0.1, 0.15) is 11.5 Å². The van der Waals surface area contributed by atoms with Gasteiger partial charge in [-0.1, -0.05) is 25.5 Å². The lowest BCUT2D eigenvalue weighted by Gasteiger charge is -2.09. The number of carbonyl (C=O) groups is 1. The van der Waals surface area contributed by atoms with E-state index < -0.39 is 0 Å². The van der Waals surface area contributed by atoms with Crippen LogP contribution in [0.4, 0.5) is 5.69 Å². The number of benzene rings is 2. The summed E-state index contributed by atoms with van der Waals surface area (Å²) < 4.78 is 5.75. The summed E-state index contributed by atoms with van der Waals surface area (Å²) in [5, 5.41) is 0. The molecule has 104 valence electrons. The van der Waals surface area contributed by atoms with Gasteiger partial charge < -0.3 is 10.5 Å². The van der Waals surface area contributed by atoms with Crippen LogP contribution in [0, 0.1) is 0 Å². The van der Waals surface area contributed by atoms with E-state index >= 15 is 0 Å².